The van der Waals surface area contributed by atoms with Crippen LogP contribution in [0.2, 0.25) is 0 Å². The van der Waals surface area contributed by atoms with Crippen molar-refractivity contribution in [3.63, 3.8) is 0 Å². The van der Waals surface area contributed by atoms with Gasteiger partial charge in [0.1, 0.15) is 0 Å². The van der Waals surface area contributed by atoms with Crippen molar-refractivity contribution in [1.82, 2.24) is 14.8 Å². The highest BCUT2D eigenvalue weighted by molar-refractivity contribution is 6.37. The number of fused-ring (bicyclic) bond motifs is 3. The molecule has 8 heteroatoms. The first-order chi connectivity index (χ1) is 15.0. The van der Waals surface area contributed by atoms with Crippen LogP contribution >= 0.6 is 0 Å². The Kier molecular flexibility index (Phi) is 4.14. The molecule has 5 rings (SSSR count). The molecule has 0 spiro atoms. The molecule has 1 aliphatic heterocycles. The summed E-state index contributed by atoms with van der Waals surface area (Å²) in [5.74, 6) is -1.06. The first kappa shape index (κ1) is 18.7. The third-order valence-corrected chi connectivity index (χ3v) is 5.17. The van der Waals surface area contributed by atoms with Gasteiger partial charge in [-0.1, -0.05) is 18.2 Å². The fraction of sp³-hybridized carbons (Fsp3) is 0.0870. The third kappa shape index (κ3) is 2.88. The largest absolute Gasteiger partial charge is 0.326 e. The number of aryl methyl sites for hydroxylation is 1. The Balaban J connectivity index is 1.61. The number of hydrogen-bond acceptors (Lipinski definition) is 5. The number of imide groups is 1. The van der Waals surface area contributed by atoms with Crippen LogP contribution in [-0.4, -0.2) is 32.5 Å². The van der Waals surface area contributed by atoms with Gasteiger partial charge in [-0.25, -0.2) is 14.6 Å². The Hall–Kier alpha value is -4.33. The van der Waals surface area contributed by atoms with E-state index in [1.165, 1.54) is 13.1 Å². The van der Waals surface area contributed by atoms with Crippen molar-refractivity contribution >= 4 is 40.1 Å². The van der Waals surface area contributed by atoms with Crippen molar-refractivity contribution in [3.8, 4) is 5.69 Å². The summed E-state index contributed by atoms with van der Waals surface area (Å²) in [4.78, 5) is 43.2. The van der Waals surface area contributed by atoms with Gasteiger partial charge >= 0.3 is 0 Å². The quantitative estimate of drug-likeness (QED) is 0.521. The molecule has 0 atom stereocenters. The van der Waals surface area contributed by atoms with Gasteiger partial charge < -0.3 is 5.32 Å². The lowest BCUT2D eigenvalue weighted by Crippen LogP contribution is -2.29. The van der Waals surface area contributed by atoms with Gasteiger partial charge in [-0.15, -0.1) is 0 Å². The van der Waals surface area contributed by atoms with E-state index < -0.39 is 11.8 Å². The molecule has 8 nitrogen and oxygen atoms in total. The van der Waals surface area contributed by atoms with E-state index in [9.17, 15) is 14.4 Å². The fourth-order valence-electron chi connectivity index (χ4n) is 3.84. The van der Waals surface area contributed by atoms with Gasteiger partial charge in [-0.3, -0.25) is 14.4 Å². The number of benzene rings is 2. The topological polar surface area (TPSA) is 97.2 Å². The lowest BCUT2D eigenvalue weighted by Gasteiger charge is -2.14. The molecule has 1 N–H and O–H groups in total. The number of hydrogen-bond donors (Lipinski definition) is 1. The van der Waals surface area contributed by atoms with Gasteiger partial charge in [0.25, 0.3) is 11.8 Å². The molecule has 2 aromatic heterocycles. The van der Waals surface area contributed by atoms with Crippen LogP contribution in [0.4, 0.5) is 11.4 Å². The summed E-state index contributed by atoms with van der Waals surface area (Å²) in [7, 11) is 0. The number of carbonyl (C=O) groups is 3. The van der Waals surface area contributed by atoms with Gasteiger partial charge in [-0.05, 0) is 43.3 Å². The lowest BCUT2D eigenvalue weighted by atomic mass is 10.1. The number of carbonyl (C=O) groups excluding carboxylic acids is 3. The smallest absolute Gasteiger partial charge is 0.267 e. The highest BCUT2D eigenvalue weighted by Crippen LogP contribution is 2.34. The molecule has 0 saturated heterocycles. The number of nitrogens with zero attached hydrogens (tertiary/aromatic N) is 4. The molecule has 31 heavy (non-hydrogen) atoms. The van der Waals surface area contributed by atoms with Crippen LogP contribution in [-0.2, 0) is 4.79 Å². The Morgan fingerprint density at radius 1 is 0.935 bits per heavy atom. The molecule has 0 aliphatic carbocycles. The number of aromatic nitrogens is 3. The van der Waals surface area contributed by atoms with E-state index in [2.05, 4.69) is 15.4 Å². The molecule has 1 aliphatic rings. The van der Waals surface area contributed by atoms with Crippen LogP contribution in [0, 0.1) is 6.92 Å². The maximum Gasteiger partial charge on any atom is 0.267 e. The molecule has 0 fully saturated rings. The minimum Gasteiger partial charge on any atom is -0.326 e. The summed E-state index contributed by atoms with van der Waals surface area (Å²) in [6, 6.07) is 16.0. The van der Waals surface area contributed by atoms with Gasteiger partial charge in [0.15, 0.2) is 5.65 Å². The number of nitrogens with one attached hydrogen (secondary N) is 1. The third-order valence-electron chi connectivity index (χ3n) is 5.17. The van der Waals surface area contributed by atoms with E-state index in [-0.39, 0.29) is 11.5 Å². The maximum atomic E-state index is 13.4. The van der Waals surface area contributed by atoms with Crippen molar-refractivity contribution in [2.24, 2.45) is 0 Å². The summed E-state index contributed by atoms with van der Waals surface area (Å²) in [5.41, 5.74) is 3.51. The van der Waals surface area contributed by atoms with Gasteiger partial charge in [-0.2, -0.15) is 5.10 Å². The van der Waals surface area contributed by atoms with Crippen molar-refractivity contribution in [2.45, 2.75) is 13.8 Å². The van der Waals surface area contributed by atoms with Gasteiger partial charge in [0.2, 0.25) is 5.91 Å². The Labute approximate surface area is 177 Å². The summed E-state index contributed by atoms with van der Waals surface area (Å²) in [6.45, 7) is 3.21. The number of rotatable bonds is 3. The Morgan fingerprint density at radius 2 is 1.65 bits per heavy atom. The van der Waals surface area contributed by atoms with Crippen LogP contribution in [0.25, 0.3) is 16.7 Å². The van der Waals surface area contributed by atoms with Crippen molar-refractivity contribution in [1.29, 1.82) is 0 Å². The summed E-state index contributed by atoms with van der Waals surface area (Å²) in [5, 5.41) is 7.80. The molecular formula is C23H17N5O3. The summed E-state index contributed by atoms with van der Waals surface area (Å²) in [6.07, 6.45) is 1.43. The predicted octanol–water partition coefficient (Wildman–Crippen LogP) is 3.49. The molecule has 0 radical (unpaired) electrons. The Bertz CT molecular complexity index is 1370. The van der Waals surface area contributed by atoms with Gasteiger partial charge in [0, 0.05) is 18.8 Å². The van der Waals surface area contributed by atoms with Crippen molar-refractivity contribution in [2.75, 3.05) is 10.2 Å². The van der Waals surface area contributed by atoms with E-state index in [0.29, 0.717) is 33.7 Å². The van der Waals surface area contributed by atoms with E-state index >= 15 is 0 Å². The second kappa shape index (κ2) is 6.88. The normalized spacial score (nSPS) is 13.0. The van der Waals surface area contributed by atoms with Crippen LogP contribution in [0.15, 0.2) is 60.8 Å². The molecule has 2 aromatic carbocycles. The highest BCUT2D eigenvalue weighted by Gasteiger charge is 2.40. The Morgan fingerprint density at radius 3 is 2.32 bits per heavy atom. The molecule has 3 amide bonds. The van der Waals surface area contributed by atoms with E-state index in [4.69, 9.17) is 0 Å². The molecule has 0 bridgehead atoms. The second-order valence-electron chi connectivity index (χ2n) is 7.25. The first-order valence-corrected chi connectivity index (χ1v) is 9.66. The van der Waals surface area contributed by atoms with Crippen molar-refractivity contribution in [3.05, 3.63) is 77.6 Å². The van der Waals surface area contributed by atoms with Crippen LogP contribution in [0.3, 0.4) is 0 Å². The van der Waals surface area contributed by atoms with E-state index in [1.807, 2.05) is 30.3 Å². The fourth-order valence-corrected chi connectivity index (χ4v) is 3.84. The minimum absolute atomic E-state index is 0.201. The second-order valence-corrected chi connectivity index (χ2v) is 7.25. The van der Waals surface area contributed by atoms with Gasteiger partial charge in [0.05, 0.1) is 33.6 Å². The number of amides is 3. The number of anilines is 2. The predicted molar refractivity (Wildman–Crippen MR) is 115 cm³/mol. The first-order valence-electron chi connectivity index (χ1n) is 9.66. The maximum absolute atomic E-state index is 13.4. The van der Waals surface area contributed by atoms with Crippen LogP contribution in [0.1, 0.15) is 33.3 Å². The van der Waals surface area contributed by atoms with Crippen LogP contribution in [0.5, 0.6) is 0 Å². The molecular weight excluding hydrogens is 394 g/mol. The van der Waals surface area contributed by atoms with Crippen LogP contribution < -0.4 is 10.2 Å². The molecule has 4 aromatic rings. The van der Waals surface area contributed by atoms with Crippen molar-refractivity contribution < 1.29 is 14.4 Å². The zero-order valence-corrected chi connectivity index (χ0v) is 16.8. The number of para-hydroxylation sites is 1. The average Bonchev–Trinajstić information content (AvgIpc) is 3.23. The average molecular weight is 411 g/mol. The highest BCUT2D eigenvalue weighted by atomic mass is 16.2. The molecule has 152 valence electrons. The van der Waals surface area contributed by atoms with E-state index in [1.54, 1.807) is 35.9 Å². The number of pyridine rings is 1. The molecule has 0 saturated carbocycles. The van der Waals surface area contributed by atoms with E-state index in [0.717, 1.165) is 10.6 Å². The monoisotopic (exact) mass is 411 g/mol. The lowest BCUT2D eigenvalue weighted by molar-refractivity contribution is -0.114. The zero-order valence-electron chi connectivity index (χ0n) is 16.8. The molecule has 3 heterocycles. The molecule has 0 unspecified atom stereocenters. The minimum atomic E-state index is -0.437. The SMILES string of the molecule is CC(=O)Nc1ccc(N2C(=O)c3cnc4c(c(C)nn4-c4ccccc4)c3C2=O)cc1. The standard InChI is InChI=1S/C23H17N5O3/c1-13-19-20-18(12-24-21(19)28(26-13)17-6-4-3-5-7-17)22(30)27(23(20)31)16-10-8-15(9-11-16)25-14(2)29/h3-12H,1-2H3,(H,25,29). The summed E-state index contributed by atoms with van der Waals surface area (Å²) >= 11 is 0. The zero-order chi connectivity index (χ0) is 21.7. The summed E-state index contributed by atoms with van der Waals surface area (Å²) < 4.78 is 1.67.